The predicted octanol–water partition coefficient (Wildman–Crippen LogP) is 1.68. The van der Waals surface area contributed by atoms with E-state index in [0.29, 0.717) is 17.9 Å². The first-order valence-corrected chi connectivity index (χ1v) is 11.3. The molecule has 0 aromatic heterocycles. The summed E-state index contributed by atoms with van der Waals surface area (Å²) < 4.78 is 12.1. The van der Waals surface area contributed by atoms with Crippen molar-refractivity contribution in [3.05, 3.63) is 12.2 Å². The molecule has 5 aliphatic carbocycles. The van der Waals surface area contributed by atoms with Crippen molar-refractivity contribution in [3.63, 3.8) is 0 Å². The number of nitrogens with zero attached hydrogens (tertiary/aromatic N) is 1. The van der Waals surface area contributed by atoms with Gasteiger partial charge in [-0.05, 0) is 44.1 Å². The SMILES string of the molecule is CCN1C[C@]2(COC)CC[C@H](OC)C34[C@@H]5C[C@@H]6C=C[C@](O)(C(C[C@@H]32)[C@@H]14)[C@H]5[C@H]6O. The molecule has 11 atom stereocenters. The Morgan fingerprint density at radius 1 is 1.21 bits per heavy atom. The molecule has 2 N–H and O–H groups in total. The molecule has 1 saturated heterocycles. The zero-order valence-corrected chi connectivity index (χ0v) is 17.4. The van der Waals surface area contributed by atoms with E-state index in [0.717, 1.165) is 45.4 Å². The van der Waals surface area contributed by atoms with Crippen LogP contribution in [0.4, 0.5) is 0 Å². The zero-order valence-electron chi connectivity index (χ0n) is 17.4. The van der Waals surface area contributed by atoms with Crippen LogP contribution >= 0.6 is 0 Å². The second-order valence-electron chi connectivity index (χ2n) is 10.7. The Labute approximate surface area is 168 Å². The standard InChI is InChI=1S/C23H35NO4/c1-4-24-11-21(12-27-2)7-6-17(28-3)23-14-9-13-5-8-22(26,18(14)19(13)25)15(20(23)24)10-16(21)23/h5,8,13-20,25-26H,4,6-7,9-12H2,1-3H3/t13-,14+,15?,16+,17-,18+,19-,20+,21-,22-,23?/m0/s1. The van der Waals surface area contributed by atoms with Gasteiger partial charge in [-0.25, -0.2) is 0 Å². The molecule has 156 valence electrons. The third kappa shape index (κ3) is 1.72. The second-order valence-corrected chi connectivity index (χ2v) is 10.7. The number of hydrogen-bond donors (Lipinski definition) is 2. The molecule has 4 saturated carbocycles. The highest BCUT2D eigenvalue weighted by Crippen LogP contribution is 2.78. The Morgan fingerprint density at radius 3 is 2.75 bits per heavy atom. The normalized spacial score (nSPS) is 61.0. The number of aliphatic hydroxyl groups excluding tert-OH is 1. The Kier molecular flexibility index (Phi) is 3.67. The minimum absolute atomic E-state index is 0.0309. The number of aliphatic hydroxyl groups is 2. The quantitative estimate of drug-likeness (QED) is 0.717. The zero-order chi connectivity index (χ0) is 19.5. The summed E-state index contributed by atoms with van der Waals surface area (Å²) in [6.07, 6.45) is 8.27. The van der Waals surface area contributed by atoms with Crippen molar-refractivity contribution in [2.75, 3.05) is 33.9 Å². The van der Waals surface area contributed by atoms with Crippen molar-refractivity contribution >= 4 is 0 Å². The van der Waals surface area contributed by atoms with E-state index in [9.17, 15) is 10.2 Å². The molecule has 0 radical (unpaired) electrons. The van der Waals surface area contributed by atoms with E-state index in [1.54, 1.807) is 0 Å². The lowest BCUT2D eigenvalue weighted by molar-refractivity contribution is -0.262. The number of ether oxygens (including phenoxy) is 2. The van der Waals surface area contributed by atoms with Gasteiger partial charge in [-0.1, -0.05) is 19.1 Å². The Hall–Kier alpha value is -0.460. The molecular weight excluding hydrogens is 354 g/mol. The maximum Gasteiger partial charge on any atom is 0.0926 e. The maximum atomic E-state index is 12.0. The van der Waals surface area contributed by atoms with Gasteiger partial charge in [0.2, 0.25) is 0 Å². The lowest BCUT2D eigenvalue weighted by atomic mass is 9.43. The third-order valence-electron chi connectivity index (χ3n) is 10.4. The predicted molar refractivity (Wildman–Crippen MR) is 105 cm³/mol. The molecule has 1 heterocycles. The van der Waals surface area contributed by atoms with Gasteiger partial charge in [-0.3, -0.25) is 4.90 Å². The molecule has 0 aromatic rings. The second kappa shape index (κ2) is 5.61. The van der Waals surface area contributed by atoms with Gasteiger partial charge in [-0.2, -0.15) is 0 Å². The molecule has 0 aromatic carbocycles. The summed E-state index contributed by atoms with van der Waals surface area (Å²) in [6.45, 7) is 5.13. The van der Waals surface area contributed by atoms with Crippen molar-refractivity contribution in [3.8, 4) is 0 Å². The number of piperidine rings is 1. The molecule has 1 spiro atoms. The molecular formula is C23H35NO4. The van der Waals surface area contributed by atoms with Crippen LogP contribution in [0.5, 0.6) is 0 Å². The highest BCUT2D eigenvalue weighted by atomic mass is 16.5. The molecule has 5 heteroatoms. The number of fused-ring (bicyclic) bond motifs is 2. The summed E-state index contributed by atoms with van der Waals surface area (Å²) in [5, 5.41) is 23.2. The van der Waals surface area contributed by atoms with Gasteiger partial charge in [-0.15, -0.1) is 0 Å². The first-order chi connectivity index (χ1) is 13.5. The van der Waals surface area contributed by atoms with E-state index in [-0.39, 0.29) is 34.7 Å². The molecule has 7 bridgehead atoms. The molecule has 0 amide bonds. The summed E-state index contributed by atoms with van der Waals surface area (Å²) in [6, 6.07) is 0.345. The smallest absolute Gasteiger partial charge is 0.0926 e. The van der Waals surface area contributed by atoms with E-state index in [1.807, 2.05) is 14.2 Å². The summed E-state index contributed by atoms with van der Waals surface area (Å²) >= 11 is 0. The average molecular weight is 390 g/mol. The van der Waals surface area contributed by atoms with Crippen LogP contribution in [0.3, 0.4) is 0 Å². The Morgan fingerprint density at radius 2 is 2.04 bits per heavy atom. The van der Waals surface area contributed by atoms with Crippen molar-refractivity contribution in [1.82, 2.24) is 4.90 Å². The van der Waals surface area contributed by atoms with Crippen LogP contribution in [0, 0.1) is 40.4 Å². The molecule has 6 aliphatic rings. The van der Waals surface area contributed by atoms with Crippen LogP contribution < -0.4 is 0 Å². The monoisotopic (exact) mass is 389 g/mol. The van der Waals surface area contributed by atoms with Crippen LogP contribution in [0.25, 0.3) is 0 Å². The summed E-state index contributed by atoms with van der Waals surface area (Å²) in [7, 11) is 3.73. The van der Waals surface area contributed by atoms with E-state index in [1.165, 1.54) is 0 Å². The minimum Gasteiger partial charge on any atom is -0.392 e. The maximum absolute atomic E-state index is 12.0. The number of hydrogen-bond acceptors (Lipinski definition) is 5. The molecule has 28 heavy (non-hydrogen) atoms. The molecule has 5 nitrogen and oxygen atoms in total. The van der Waals surface area contributed by atoms with Crippen LogP contribution in [-0.4, -0.2) is 72.9 Å². The Balaban J connectivity index is 1.61. The first kappa shape index (κ1) is 18.3. The molecule has 6 rings (SSSR count). The lowest BCUT2D eigenvalue weighted by Gasteiger charge is -2.69. The van der Waals surface area contributed by atoms with Gasteiger partial charge < -0.3 is 19.7 Å². The topological polar surface area (TPSA) is 62.2 Å². The van der Waals surface area contributed by atoms with Gasteiger partial charge in [0, 0.05) is 55.4 Å². The van der Waals surface area contributed by atoms with E-state index in [4.69, 9.17) is 9.47 Å². The van der Waals surface area contributed by atoms with Crippen LogP contribution in [0.1, 0.15) is 32.6 Å². The largest absolute Gasteiger partial charge is 0.392 e. The number of methoxy groups -OCH3 is 2. The molecule has 1 aliphatic heterocycles. The van der Waals surface area contributed by atoms with Crippen LogP contribution in [0.2, 0.25) is 0 Å². The summed E-state index contributed by atoms with van der Waals surface area (Å²) in [4.78, 5) is 2.67. The van der Waals surface area contributed by atoms with Crippen LogP contribution in [0.15, 0.2) is 12.2 Å². The van der Waals surface area contributed by atoms with Crippen molar-refractivity contribution in [1.29, 1.82) is 0 Å². The van der Waals surface area contributed by atoms with Crippen molar-refractivity contribution in [2.45, 2.75) is 56.5 Å². The molecule has 2 unspecified atom stereocenters. The number of rotatable bonds is 4. The molecule has 5 fully saturated rings. The first-order valence-electron chi connectivity index (χ1n) is 11.3. The fourth-order valence-corrected chi connectivity index (χ4v) is 9.88. The highest BCUT2D eigenvalue weighted by molar-refractivity contribution is 5.36. The summed E-state index contributed by atoms with van der Waals surface area (Å²) in [5.74, 6) is 1.16. The average Bonchev–Trinajstić information content (AvgIpc) is 3.08. The van der Waals surface area contributed by atoms with Gasteiger partial charge in [0.25, 0.3) is 0 Å². The van der Waals surface area contributed by atoms with E-state index in [2.05, 4.69) is 24.0 Å². The van der Waals surface area contributed by atoms with Gasteiger partial charge >= 0.3 is 0 Å². The highest BCUT2D eigenvalue weighted by Gasteiger charge is 2.82. The van der Waals surface area contributed by atoms with Gasteiger partial charge in [0.1, 0.15) is 0 Å². The van der Waals surface area contributed by atoms with Crippen LogP contribution in [-0.2, 0) is 9.47 Å². The third-order valence-corrected chi connectivity index (χ3v) is 10.4. The van der Waals surface area contributed by atoms with E-state index >= 15 is 0 Å². The van der Waals surface area contributed by atoms with Gasteiger partial charge in [0.05, 0.1) is 24.4 Å². The Bertz CT molecular complexity index is 713. The summed E-state index contributed by atoms with van der Waals surface area (Å²) in [5.41, 5.74) is -0.699. The van der Waals surface area contributed by atoms with Crippen molar-refractivity contribution < 1.29 is 19.7 Å². The van der Waals surface area contributed by atoms with E-state index < -0.39 is 11.7 Å². The minimum atomic E-state index is -0.876. The van der Waals surface area contributed by atoms with Gasteiger partial charge in [0.15, 0.2) is 0 Å². The van der Waals surface area contributed by atoms with Crippen molar-refractivity contribution in [2.24, 2.45) is 40.4 Å². The fourth-order valence-electron chi connectivity index (χ4n) is 9.88. The fraction of sp³-hybridized carbons (Fsp3) is 0.913. The number of likely N-dealkylation sites (tertiary alicyclic amines) is 1. The lowest BCUT2D eigenvalue weighted by Crippen LogP contribution is -2.75.